The molecule has 1 saturated heterocycles. The molecule has 118 valence electrons. The van der Waals surface area contributed by atoms with Crippen molar-refractivity contribution in [3.8, 4) is 0 Å². The van der Waals surface area contributed by atoms with Gasteiger partial charge in [0.25, 0.3) is 0 Å². The summed E-state index contributed by atoms with van der Waals surface area (Å²) in [5.41, 5.74) is 1.02. The van der Waals surface area contributed by atoms with Crippen LogP contribution in [-0.2, 0) is 9.47 Å². The molecule has 3 rings (SSSR count). The minimum absolute atomic E-state index is 0.227. The fraction of sp³-hybridized carbons (Fsp3) is 0.263. The highest BCUT2D eigenvalue weighted by molar-refractivity contribution is 6.16. The molecule has 23 heavy (non-hydrogen) atoms. The Morgan fingerprint density at radius 1 is 0.826 bits per heavy atom. The Labute approximate surface area is 135 Å². The molecule has 1 atom stereocenters. The number of rotatable bonds is 5. The van der Waals surface area contributed by atoms with Gasteiger partial charge in [-0.3, -0.25) is 9.59 Å². The summed E-state index contributed by atoms with van der Waals surface area (Å²) in [5.74, 6) is -1.34. The predicted octanol–water partition coefficient (Wildman–Crippen LogP) is 2.78. The zero-order valence-corrected chi connectivity index (χ0v) is 12.7. The van der Waals surface area contributed by atoms with Gasteiger partial charge in [0, 0.05) is 11.1 Å². The van der Waals surface area contributed by atoms with Crippen LogP contribution in [0.1, 0.15) is 20.7 Å². The predicted molar refractivity (Wildman–Crippen MR) is 85.6 cm³/mol. The highest BCUT2D eigenvalue weighted by atomic mass is 16.6. The van der Waals surface area contributed by atoms with E-state index in [0.717, 1.165) is 0 Å². The van der Waals surface area contributed by atoms with E-state index in [1.54, 1.807) is 48.5 Å². The lowest BCUT2D eigenvalue weighted by atomic mass is 9.85. The summed E-state index contributed by atoms with van der Waals surface area (Å²) in [6, 6.07) is 17.7. The van der Waals surface area contributed by atoms with Crippen molar-refractivity contribution in [1.82, 2.24) is 0 Å². The van der Waals surface area contributed by atoms with E-state index in [1.807, 2.05) is 12.1 Å². The third-order valence-corrected chi connectivity index (χ3v) is 3.90. The lowest BCUT2D eigenvalue weighted by Crippen LogP contribution is -2.43. The van der Waals surface area contributed by atoms with Crippen LogP contribution in [0.15, 0.2) is 60.7 Å². The van der Waals surface area contributed by atoms with Gasteiger partial charge >= 0.3 is 0 Å². The Morgan fingerprint density at radius 3 is 1.78 bits per heavy atom. The topological polar surface area (TPSA) is 52.6 Å². The normalized spacial score (nSPS) is 17.9. The fourth-order valence-corrected chi connectivity index (χ4v) is 2.72. The molecule has 0 amide bonds. The van der Waals surface area contributed by atoms with Gasteiger partial charge in [0.05, 0.1) is 25.9 Å². The van der Waals surface area contributed by atoms with Crippen molar-refractivity contribution in [3.05, 3.63) is 71.8 Å². The second-order valence-corrected chi connectivity index (χ2v) is 5.42. The maximum Gasteiger partial charge on any atom is 0.176 e. The van der Waals surface area contributed by atoms with Crippen molar-refractivity contribution >= 4 is 11.6 Å². The van der Waals surface area contributed by atoms with Gasteiger partial charge in [0.1, 0.15) is 5.92 Å². The van der Waals surface area contributed by atoms with Gasteiger partial charge in [-0.2, -0.15) is 0 Å². The van der Waals surface area contributed by atoms with E-state index in [2.05, 4.69) is 0 Å². The molecule has 0 N–H and O–H groups in total. The molecule has 1 aliphatic rings. The van der Waals surface area contributed by atoms with Crippen LogP contribution in [0.3, 0.4) is 0 Å². The van der Waals surface area contributed by atoms with Crippen molar-refractivity contribution < 1.29 is 19.1 Å². The van der Waals surface area contributed by atoms with Crippen LogP contribution in [0.4, 0.5) is 0 Å². The zero-order valence-electron chi connectivity index (χ0n) is 12.7. The van der Waals surface area contributed by atoms with E-state index in [0.29, 0.717) is 24.3 Å². The molecular formula is C19H18O4. The minimum atomic E-state index is -0.889. The Hall–Kier alpha value is -2.30. The largest absolute Gasteiger partial charge is 0.376 e. The van der Waals surface area contributed by atoms with E-state index < -0.39 is 12.0 Å². The van der Waals surface area contributed by atoms with E-state index in [4.69, 9.17) is 9.47 Å². The molecule has 4 heteroatoms. The summed E-state index contributed by atoms with van der Waals surface area (Å²) in [5, 5.41) is 0. The molecule has 2 aromatic rings. The van der Waals surface area contributed by atoms with Crippen LogP contribution in [0.25, 0.3) is 0 Å². The molecule has 0 aromatic heterocycles. The van der Waals surface area contributed by atoms with Crippen LogP contribution < -0.4 is 0 Å². The summed E-state index contributed by atoms with van der Waals surface area (Å²) < 4.78 is 11.1. The molecule has 0 spiro atoms. The number of carbonyl (C=O) groups excluding carboxylic acids is 2. The summed E-state index contributed by atoms with van der Waals surface area (Å²) in [6.07, 6.45) is -0.552. The summed E-state index contributed by atoms with van der Waals surface area (Å²) >= 11 is 0. The molecule has 0 saturated carbocycles. The zero-order chi connectivity index (χ0) is 16.1. The second kappa shape index (κ2) is 7.31. The lowest BCUT2D eigenvalue weighted by Gasteiger charge is -2.28. The van der Waals surface area contributed by atoms with Gasteiger partial charge in [0.15, 0.2) is 11.6 Å². The first kappa shape index (κ1) is 15.6. The van der Waals surface area contributed by atoms with Gasteiger partial charge in [0.2, 0.25) is 0 Å². The highest BCUT2D eigenvalue weighted by Crippen LogP contribution is 2.22. The standard InChI is InChI=1S/C19H18O4/c20-18(14-7-3-1-4-8-14)17(16-13-22-11-12-23-16)19(21)15-9-5-2-6-10-15/h1-10,16-17H,11-13H2. The molecule has 2 aromatic carbocycles. The van der Waals surface area contributed by atoms with E-state index in [1.165, 1.54) is 0 Å². The molecule has 0 radical (unpaired) electrons. The Balaban J connectivity index is 1.93. The number of Topliss-reactive ketones (excluding diaryl/α,β-unsaturated/α-hetero) is 2. The minimum Gasteiger partial charge on any atom is -0.376 e. The molecule has 4 nitrogen and oxygen atoms in total. The molecule has 1 heterocycles. The molecule has 1 fully saturated rings. The Bertz CT molecular complexity index is 609. The summed E-state index contributed by atoms with van der Waals surface area (Å²) in [4.78, 5) is 25.8. The smallest absolute Gasteiger partial charge is 0.176 e. The van der Waals surface area contributed by atoms with Crippen LogP contribution >= 0.6 is 0 Å². The average Bonchev–Trinajstić information content (AvgIpc) is 2.64. The number of carbonyl (C=O) groups is 2. The maximum atomic E-state index is 12.9. The molecular weight excluding hydrogens is 292 g/mol. The molecule has 1 unspecified atom stereocenters. The Kier molecular flexibility index (Phi) is 4.95. The van der Waals surface area contributed by atoms with Gasteiger partial charge in [-0.15, -0.1) is 0 Å². The monoisotopic (exact) mass is 310 g/mol. The van der Waals surface area contributed by atoms with Crippen molar-refractivity contribution in [2.24, 2.45) is 5.92 Å². The maximum absolute atomic E-state index is 12.9. The fourth-order valence-electron chi connectivity index (χ4n) is 2.72. The third-order valence-electron chi connectivity index (χ3n) is 3.90. The van der Waals surface area contributed by atoms with Crippen LogP contribution in [0.2, 0.25) is 0 Å². The van der Waals surface area contributed by atoms with Gasteiger partial charge in [-0.25, -0.2) is 0 Å². The van der Waals surface area contributed by atoms with E-state index in [9.17, 15) is 9.59 Å². The summed E-state index contributed by atoms with van der Waals surface area (Å²) in [6.45, 7) is 1.13. The molecule has 0 bridgehead atoms. The van der Waals surface area contributed by atoms with Gasteiger partial charge < -0.3 is 9.47 Å². The SMILES string of the molecule is O=C(c1ccccc1)C(C(=O)c1ccccc1)C1COCCO1. The number of benzene rings is 2. The number of hydrogen-bond donors (Lipinski definition) is 0. The van der Waals surface area contributed by atoms with E-state index >= 15 is 0 Å². The van der Waals surface area contributed by atoms with Gasteiger partial charge in [-0.05, 0) is 0 Å². The van der Waals surface area contributed by atoms with Crippen molar-refractivity contribution in [2.75, 3.05) is 19.8 Å². The van der Waals surface area contributed by atoms with Crippen LogP contribution in [-0.4, -0.2) is 37.5 Å². The van der Waals surface area contributed by atoms with Crippen LogP contribution in [0, 0.1) is 5.92 Å². The Morgan fingerprint density at radius 2 is 1.35 bits per heavy atom. The first-order chi connectivity index (χ1) is 11.3. The average molecular weight is 310 g/mol. The molecule has 0 aliphatic carbocycles. The van der Waals surface area contributed by atoms with Crippen molar-refractivity contribution in [1.29, 1.82) is 0 Å². The van der Waals surface area contributed by atoms with Gasteiger partial charge in [-0.1, -0.05) is 60.7 Å². The van der Waals surface area contributed by atoms with Crippen molar-refractivity contribution in [2.45, 2.75) is 6.10 Å². The number of ketones is 2. The number of hydrogen-bond acceptors (Lipinski definition) is 4. The lowest BCUT2D eigenvalue weighted by molar-refractivity contribution is -0.0986. The third kappa shape index (κ3) is 3.55. The number of ether oxygens (including phenoxy) is 2. The quantitative estimate of drug-likeness (QED) is 0.629. The van der Waals surface area contributed by atoms with E-state index in [-0.39, 0.29) is 18.2 Å². The second-order valence-electron chi connectivity index (χ2n) is 5.42. The summed E-state index contributed by atoms with van der Waals surface area (Å²) in [7, 11) is 0. The highest BCUT2D eigenvalue weighted by Gasteiger charge is 2.37. The van der Waals surface area contributed by atoms with Crippen LogP contribution in [0.5, 0.6) is 0 Å². The first-order valence-electron chi connectivity index (χ1n) is 7.65. The first-order valence-corrected chi connectivity index (χ1v) is 7.65. The van der Waals surface area contributed by atoms with Crippen molar-refractivity contribution in [3.63, 3.8) is 0 Å². The molecule has 1 aliphatic heterocycles.